The van der Waals surface area contributed by atoms with E-state index in [1.54, 1.807) is 6.07 Å². The Balaban J connectivity index is 3.07. The lowest BCUT2D eigenvalue weighted by molar-refractivity contribution is 0.579. The molecule has 12 heavy (non-hydrogen) atoms. The lowest BCUT2D eigenvalue weighted by Crippen LogP contribution is -2.25. The van der Waals surface area contributed by atoms with Gasteiger partial charge in [0.2, 0.25) is 0 Å². The molecule has 1 atom stereocenters. The van der Waals surface area contributed by atoms with Gasteiger partial charge in [0.15, 0.2) is 0 Å². The Labute approximate surface area is 79.1 Å². The molecular formula is C8H10BrFN2. The van der Waals surface area contributed by atoms with Gasteiger partial charge in [-0.2, -0.15) is 0 Å². The highest BCUT2D eigenvalue weighted by Gasteiger charge is 2.09. The minimum absolute atomic E-state index is 0.0601. The van der Waals surface area contributed by atoms with Crippen LogP contribution in [-0.4, -0.2) is 0 Å². The Bertz CT molecular complexity index is 278. The van der Waals surface area contributed by atoms with E-state index in [-0.39, 0.29) is 11.9 Å². The van der Waals surface area contributed by atoms with E-state index in [0.29, 0.717) is 4.47 Å². The van der Waals surface area contributed by atoms with Crippen molar-refractivity contribution in [1.82, 2.24) is 5.43 Å². The second-order valence-electron chi connectivity index (χ2n) is 2.53. The summed E-state index contributed by atoms with van der Waals surface area (Å²) in [6, 6.07) is 4.81. The molecule has 0 spiro atoms. The zero-order valence-corrected chi connectivity index (χ0v) is 8.23. The van der Waals surface area contributed by atoms with Gasteiger partial charge in [-0.1, -0.05) is 12.1 Å². The van der Waals surface area contributed by atoms with Gasteiger partial charge in [0.25, 0.3) is 0 Å². The van der Waals surface area contributed by atoms with E-state index in [1.165, 1.54) is 6.07 Å². The van der Waals surface area contributed by atoms with Crippen molar-refractivity contribution < 1.29 is 4.39 Å². The van der Waals surface area contributed by atoms with E-state index in [0.717, 1.165) is 5.56 Å². The van der Waals surface area contributed by atoms with Gasteiger partial charge in [0, 0.05) is 6.04 Å². The van der Waals surface area contributed by atoms with Crippen LogP contribution in [0.4, 0.5) is 4.39 Å². The summed E-state index contributed by atoms with van der Waals surface area (Å²) in [7, 11) is 0. The summed E-state index contributed by atoms with van der Waals surface area (Å²) in [5, 5.41) is 0. The number of nitrogens with two attached hydrogens (primary N) is 1. The minimum atomic E-state index is -0.269. The Morgan fingerprint density at radius 2 is 2.25 bits per heavy atom. The van der Waals surface area contributed by atoms with Crippen molar-refractivity contribution in [3.63, 3.8) is 0 Å². The zero-order valence-electron chi connectivity index (χ0n) is 6.64. The fraction of sp³-hybridized carbons (Fsp3) is 0.250. The van der Waals surface area contributed by atoms with Gasteiger partial charge in [0.1, 0.15) is 5.82 Å². The van der Waals surface area contributed by atoms with Crippen LogP contribution in [0.5, 0.6) is 0 Å². The van der Waals surface area contributed by atoms with Crippen molar-refractivity contribution in [2.75, 3.05) is 0 Å². The smallest absolute Gasteiger partial charge is 0.137 e. The van der Waals surface area contributed by atoms with Crippen LogP contribution in [0.3, 0.4) is 0 Å². The van der Waals surface area contributed by atoms with Crippen LogP contribution < -0.4 is 11.3 Å². The summed E-state index contributed by atoms with van der Waals surface area (Å²) in [4.78, 5) is 0. The quantitative estimate of drug-likeness (QED) is 0.606. The van der Waals surface area contributed by atoms with Crippen LogP contribution in [0.2, 0.25) is 0 Å². The Hall–Kier alpha value is -0.450. The van der Waals surface area contributed by atoms with Crippen LogP contribution in [-0.2, 0) is 0 Å². The van der Waals surface area contributed by atoms with Crippen molar-refractivity contribution in [2.24, 2.45) is 5.84 Å². The summed E-state index contributed by atoms with van der Waals surface area (Å²) < 4.78 is 13.4. The number of benzene rings is 1. The van der Waals surface area contributed by atoms with Crippen molar-refractivity contribution in [1.29, 1.82) is 0 Å². The van der Waals surface area contributed by atoms with Gasteiger partial charge in [-0.3, -0.25) is 11.3 Å². The molecule has 0 aromatic heterocycles. The van der Waals surface area contributed by atoms with Gasteiger partial charge < -0.3 is 0 Å². The maximum atomic E-state index is 13.0. The van der Waals surface area contributed by atoms with E-state index < -0.39 is 0 Å². The number of nitrogens with one attached hydrogen (secondary N) is 1. The molecule has 0 heterocycles. The number of rotatable bonds is 2. The second-order valence-corrected chi connectivity index (χ2v) is 3.32. The molecule has 4 heteroatoms. The predicted octanol–water partition coefficient (Wildman–Crippen LogP) is 2.11. The summed E-state index contributed by atoms with van der Waals surface area (Å²) in [5.41, 5.74) is 3.37. The second kappa shape index (κ2) is 3.98. The van der Waals surface area contributed by atoms with Gasteiger partial charge in [0.05, 0.1) is 4.47 Å². The maximum Gasteiger partial charge on any atom is 0.137 e. The molecule has 3 N–H and O–H groups in total. The molecule has 0 fully saturated rings. The molecule has 66 valence electrons. The van der Waals surface area contributed by atoms with Gasteiger partial charge in [-0.05, 0) is 34.5 Å². The largest absolute Gasteiger partial charge is 0.271 e. The third-order valence-electron chi connectivity index (χ3n) is 1.70. The molecule has 1 rings (SSSR count). The van der Waals surface area contributed by atoms with Crippen LogP contribution in [0.25, 0.3) is 0 Å². The van der Waals surface area contributed by atoms with E-state index in [2.05, 4.69) is 21.4 Å². The van der Waals surface area contributed by atoms with Crippen molar-refractivity contribution >= 4 is 15.9 Å². The topological polar surface area (TPSA) is 38.0 Å². The SMILES string of the molecule is CC(NN)c1cccc(F)c1Br. The number of halogens is 2. The van der Waals surface area contributed by atoms with Gasteiger partial charge >= 0.3 is 0 Å². The van der Waals surface area contributed by atoms with E-state index in [4.69, 9.17) is 5.84 Å². The third kappa shape index (κ3) is 1.83. The highest BCUT2D eigenvalue weighted by molar-refractivity contribution is 9.10. The van der Waals surface area contributed by atoms with Crippen LogP contribution in [0, 0.1) is 5.82 Å². The van der Waals surface area contributed by atoms with Crippen molar-refractivity contribution in [3.8, 4) is 0 Å². The lowest BCUT2D eigenvalue weighted by atomic mass is 10.1. The predicted molar refractivity (Wildman–Crippen MR) is 49.8 cm³/mol. The molecule has 1 aromatic carbocycles. The average Bonchev–Trinajstić information content (AvgIpc) is 2.08. The van der Waals surface area contributed by atoms with E-state index in [1.807, 2.05) is 13.0 Å². The summed E-state index contributed by atoms with van der Waals surface area (Å²) >= 11 is 3.15. The Morgan fingerprint density at radius 3 is 2.83 bits per heavy atom. The molecule has 0 bridgehead atoms. The zero-order chi connectivity index (χ0) is 9.14. The van der Waals surface area contributed by atoms with Gasteiger partial charge in [-0.25, -0.2) is 4.39 Å². The first-order valence-corrected chi connectivity index (χ1v) is 4.36. The van der Waals surface area contributed by atoms with E-state index >= 15 is 0 Å². The average molecular weight is 233 g/mol. The molecule has 0 saturated heterocycles. The fourth-order valence-corrected chi connectivity index (χ4v) is 1.55. The summed E-state index contributed by atoms with van der Waals surface area (Å²) in [5.74, 6) is 4.96. The molecular weight excluding hydrogens is 223 g/mol. The van der Waals surface area contributed by atoms with E-state index in [9.17, 15) is 4.39 Å². The molecule has 0 aliphatic carbocycles. The van der Waals surface area contributed by atoms with Crippen LogP contribution in [0.1, 0.15) is 18.5 Å². The molecule has 0 saturated carbocycles. The molecule has 1 unspecified atom stereocenters. The highest BCUT2D eigenvalue weighted by Crippen LogP contribution is 2.25. The molecule has 1 aromatic rings. The monoisotopic (exact) mass is 232 g/mol. The third-order valence-corrected chi connectivity index (χ3v) is 2.53. The lowest BCUT2D eigenvalue weighted by Gasteiger charge is -2.12. The van der Waals surface area contributed by atoms with Crippen LogP contribution in [0.15, 0.2) is 22.7 Å². The molecule has 2 nitrogen and oxygen atoms in total. The minimum Gasteiger partial charge on any atom is -0.271 e. The maximum absolute atomic E-state index is 13.0. The summed E-state index contributed by atoms with van der Waals surface area (Å²) in [6.07, 6.45) is 0. The molecule has 0 aliphatic rings. The highest BCUT2D eigenvalue weighted by atomic mass is 79.9. The molecule has 0 aliphatic heterocycles. The van der Waals surface area contributed by atoms with Crippen molar-refractivity contribution in [2.45, 2.75) is 13.0 Å². The molecule has 0 radical (unpaired) electrons. The van der Waals surface area contributed by atoms with Crippen molar-refractivity contribution in [3.05, 3.63) is 34.1 Å². The first kappa shape index (κ1) is 9.64. The first-order valence-electron chi connectivity index (χ1n) is 3.57. The molecule has 0 amide bonds. The van der Waals surface area contributed by atoms with Crippen LogP contribution >= 0.6 is 15.9 Å². The van der Waals surface area contributed by atoms with Gasteiger partial charge in [-0.15, -0.1) is 0 Å². The Morgan fingerprint density at radius 1 is 1.58 bits per heavy atom. The number of hydrogen-bond donors (Lipinski definition) is 2. The standard InChI is InChI=1S/C8H10BrFN2/c1-5(12-11)6-3-2-4-7(10)8(6)9/h2-5,12H,11H2,1H3. The Kier molecular flexibility index (Phi) is 3.20. The number of hydrazine groups is 1. The number of hydrogen-bond acceptors (Lipinski definition) is 2. The first-order chi connectivity index (χ1) is 5.66. The fourth-order valence-electron chi connectivity index (χ4n) is 0.945. The normalized spacial score (nSPS) is 13.0. The summed E-state index contributed by atoms with van der Waals surface area (Å²) in [6.45, 7) is 1.86.